The molecule has 0 heterocycles. The molecule has 0 spiro atoms. The fourth-order valence-electron chi connectivity index (χ4n) is 2.73. The first-order valence-corrected chi connectivity index (χ1v) is 8.77. The van der Waals surface area contributed by atoms with E-state index in [2.05, 4.69) is 5.32 Å². The summed E-state index contributed by atoms with van der Waals surface area (Å²) < 4.78 is 5.54. The summed E-state index contributed by atoms with van der Waals surface area (Å²) in [7, 11) is 1.81. The largest absolute Gasteiger partial charge is 0.473 e. The van der Waals surface area contributed by atoms with Crippen molar-refractivity contribution in [2.75, 3.05) is 13.7 Å². The normalized spacial score (nSPS) is 19.6. The molecule has 0 saturated heterocycles. The molecular weight excluding hydrogens is 369 g/mol. The Hall–Kier alpha value is -1.34. The summed E-state index contributed by atoms with van der Waals surface area (Å²) in [5.41, 5.74) is 1.14. The smallest absolute Gasteiger partial charge is 0.414 e. The predicted octanol–water partition coefficient (Wildman–Crippen LogP) is 3.24. The van der Waals surface area contributed by atoms with E-state index < -0.39 is 11.9 Å². The topological polar surface area (TPSA) is 95.9 Å². The van der Waals surface area contributed by atoms with Gasteiger partial charge in [-0.25, -0.2) is 9.59 Å². The number of rotatable bonds is 5. The molecule has 3 N–H and O–H groups in total. The molecule has 1 fully saturated rings. The van der Waals surface area contributed by atoms with Gasteiger partial charge in [0.15, 0.2) is 0 Å². The van der Waals surface area contributed by atoms with Gasteiger partial charge >= 0.3 is 11.9 Å². The maximum absolute atomic E-state index is 9.10. The van der Waals surface area contributed by atoms with Gasteiger partial charge in [-0.05, 0) is 43.5 Å². The van der Waals surface area contributed by atoms with Crippen LogP contribution in [-0.4, -0.2) is 48.0 Å². The van der Waals surface area contributed by atoms with Crippen LogP contribution in [0.5, 0.6) is 0 Å². The van der Waals surface area contributed by atoms with E-state index in [-0.39, 0.29) is 0 Å². The molecule has 0 aliphatic heterocycles. The van der Waals surface area contributed by atoms with Crippen molar-refractivity contribution >= 4 is 35.1 Å². The molecule has 1 aliphatic rings. The van der Waals surface area contributed by atoms with E-state index in [1.54, 1.807) is 13.2 Å². The Morgan fingerprint density at radius 1 is 1.20 bits per heavy atom. The fourth-order valence-corrected chi connectivity index (χ4v) is 3.23. The van der Waals surface area contributed by atoms with Crippen LogP contribution < -0.4 is 5.32 Å². The molecule has 25 heavy (non-hydrogen) atoms. The van der Waals surface area contributed by atoms with Crippen molar-refractivity contribution in [2.45, 2.75) is 44.2 Å². The Labute approximate surface area is 157 Å². The fraction of sp³-hybridized carbons (Fsp3) is 0.529. The van der Waals surface area contributed by atoms with Gasteiger partial charge in [-0.1, -0.05) is 42.1 Å². The van der Waals surface area contributed by atoms with Crippen molar-refractivity contribution < 1.29 is 24.5 Å². The van der Waals surface area contributed by atoms with Gasteiger partial charge in [-0.3, -0.25) is 0 Å². The van der Waals surface area contributed by atoms with Gasteiger partial charge in [0, 0.05) is 23.2 Å². The maximum Gasteiger partial charge on any atom is 0.414 e. The summed E-state index contributed by atoms with van der Waals surface area (Å²) in [6, 6.07) is 6.17. The van der Waals surface area contributed by atoms with Crippen LogP contribution in [0.3, 0.4) is 0 Å². The number of nitrogens with one attached hydrogen (secondary N) is 1. The number of halogens is 2. The molecule has 1 aromatic carbocycles. The minimum absolute atomic E-state index is 0.356. The molecular formula is C17H23Cl2NO5. The number of benzene rings is 1. The summed E-state index contributed by atoms with van der Waals surface area (Å²) >= 11 is 12.1. The molecule has 1 aromatic rings. The average Bonchev–Trinajstić information content (AvgIpc) is 2.57. The number of carbonyl (C=O) groups is 2. The Bertz CT molecular complexity index is 570. The SMILES string of the molecule is COC1CCCCC1NCCc1ccc(Cl)cc1Cl.O=C(O)C(=O)O. The molecule has 1 aliphatic carbocycles. The van der Waals surface area contributed by atoms with Gasteiger partial charge in [0.1, 0.15) is 0 Å². The first-order chi connectivity index (χ1) is 11.8. The first kappa shape index (κ1) is 21.7. The van der Waals surface area contributed by atoms with Crippen molar-refractivity contribution in [1.29, 1.82) is 0 Å². The third kappa shape index (κ3) is 8.05. The minimum atomic E-state index is -1.82. The summed E-state index contributed by atoms with van der Waals surface area (Å²) in [5, 5.41) is 19.8. The van der Waals surface area contributed by atoms with Crippen LogP contribution >= 0.6 is 23.2 Å². The molecule has 0 radical (unpaired) electrons. The minimum Gasteiger partial charge on any atom is -0.473 e. The number of aliphatic carboxylic acids is 2. The molecule has 0 bridgehead atoms. The van der Waals surface area contributed by atoms with E-state index in [0.29, 0.717) is 17.2 Å². The lowest BCUT2D eigenvalue weighted by Gasteiger charge is -2.31. The van der Waals surface area contributed by atoms with Crippen LogP contribution in [0.4, 0.5) is 0 Å². The Kier molecular flexibility index (Phi) is 9.82. The second-order valence-corrected chi connectivity index (χ2v) is 6.56. The van der Waals surface area contributed by atoms with E-state index in [0.717, 1.165) is 30.0 Å². The van der Waals surface area contributed by atoms with Crippen LogP contribution in [0.25, 0.3) is 0 Å². The van der Waals surface area contributed by atoms with Gasteiger partial charge in [0.25, 0.3) is 0 Å². The third-order valence-electron chi connectivity index (χ3n) is 4.00. The highest BCUT2D eigenvalue weighted by Gasteiger charge is 2.23. The van der Waals surface area contributed by atoms with Gasteiger partial charge in [-0.2, -0.15) is 0 Å². The zero-order valence-corrected chi connectivity index (χ0v) is 15.5. The highest BCUT2D eigenvalue weighted by Crippen LogP contribution is 2.22. The number of ether oxygens (including phenoxy) is 1. The lowest BCUT2D eigenvalue weighted by molar-refractivity contribution is -0.159. The second-order valence-electron chi connectivity index (χ2n) is 5.72. The Balaban J connectivity index is 0.000000450. The maximum atomic E-state index is 9.10. The number of methoxy groups -OCH3 is 1. The van der Waals surface area contributed by atoms with E-state index in [1.165, 1.54) is 19.3 Å². The van der Waals surface area contributed by atoms with E-state index in [9.17, 15) is 0 Å². The van der Waals surface area contributed by atoms with Crippen molar-refractivity contribution in [3.05, 3.63) is 33.8 Å². The molecule has 2 atom stereocenters. The molecule has 0 aromatic heterocycles. The molecule has 1 saturated carbocycles. The van der Waals surface area contributed by atoms with Crippen LogP contribution in [-0.2, 0) is 20.7 Å². The summed E-state index contributed by atoms with van der Waals surface area (Å²) in [6.45, 7) is 0.922. The first-order valence-electron chi connectivity index (χ1n) is 8.01. The van der Waals surface area contributed by atoms with Crippen molar-refractivity contribution in [1.82, 2.24) is 5.32 Å². The highest BCUT2D eigenvalue weighted by atomic mass is 35.5. The third-order valence-corrected chi connectivity index (χ3v) is 4.59. The van der Waals surface area contributed by atoms with Crippen LogP contribution in [0.1, 0.15) is 31.2 Å². The van der Waals surface area contributed by atoms with Crippen molar-refractivity contribution in [3.8, 4) is 0 Å². The predicted molar refractivity (Wildman–Crippen MR) is 96.5 cm³/mol. The summed E-state index contributed by atoms with van der Waals surface area (Å²) in [4.78, 5) is 18.2. The van der Waals surface area contributed by atoms with Crippen LogP contribution in [0.15, 0.2) is 18.2 Å². The zero-order valence-electron chi connectivity index (χ0n) is 14.0. The Morgan fingerprint density at radius 3 is 2.40 bits per heavy atom. The number of carboxylic acids is 2. The van der Waals surface area contributed by atoms with Crippen molar-refractivity contribution in [3.63, 3.8) is 0 Å². The zero-order chi connectivity index (χ0) is 18.8. The standard InChI is InChI=1S/C15H21Cl2NO.C2H2O4/c1-19-15-5-3-2-4-14(15)18-9-8-11-6-7-12(16)10-13(11)17;3-1(4)2(5)6/h6-7,10,14-15,18H,2-5,8-9H2,1H3;(H,3,4)(H,5,6). The van der Waals surface area contributed by atoms with Gasteiger partial charge in [0.2, 0.25) is 0 Å². The number of hydrogen-bond donors (Lipinski definition) is 3. The lowest BCUT2D eigenvalue weighted by atomic mass is 9.92. The quantitative estimate of drug-likeness (QED) is 0.666. The Morgan fingerprint density at radius 2 is 1.84 bits per heavy atom. The summed E-state index contributed by atoms with van der Waals surface area (Å²) in [6.07, 6.45) is 6.21. The van der Waals surface area contributed by atoms with Gasteiger partial charge in [0.05, 0.1) is 6.10 Å². The highest BCUT2D eigenvalue weighted by molar-refractivity contribution is 6.35. The number of carboxylic acid groups (broad SMARTS) is 2. The molecule has 140 valence electrons. The van der Waals surface area contributed by atoms with E-state index >= 15 is 0 Å². The van der Waals surface area contributed by atoms with E-state index in [1.807, 2.05) is 12.1 Å². The van der Waals surface area contributed by atoms with Crippen molar-refractivity contribution in [2.24, 2.45) is 0 Å². The van der Waals surface area contributed by atoms with E-state index in [4.69, 9.17) is 47.7 Å². The van der Waals surface area contributed by atoms with Gasteiger partial charge < -0.3 is 20.3 Å². The summed E-state index contributed by atoms with van der Waals surface area (Å²) in [5.74, 6) is -3.65. The average molecular weight is 392 g/mol. The monoisotopic (exact) mass is 391 g/mol. The van der Waals surface area contributed by atoms with Gasteiger partial charge in [-0.15, -0.1) is 0 Å². The molecule has 2 unspecified atom stereocenters. The molecule has 0 amide bonds. The van der Waals surface area contributed by atoms with Crippen LogP contribution in [0.2, 0.25) is 10.0 Å². The lowest BCUT2D eigenvalue weighted by Crippen LogP contribution is -2.43. The number of hydrogen-bond acceptors (Lipinski definition) is 4. The van der Waals surface area contributed by atoms with Crippen LogP contribution in [0, 0.1) is 0 Å². The molecule has 8 heteroatoms. The molecule has 2 rings (SSSR count). The molecule has 6 nitrogen and oxygen atoms in total. The second kappa shape index (κ2) is 11.3.